The molecule has 1 atom stereocenters. The number of aryl methyl sites for hydroxylation is 1. The van der Waals surface area contributed by atoms with Gasteiger partial charge in [-0.3, -0.25) is 4.68 Å². The zero-order chi connectivity index (χ0) is 14.5. The van der Waals surface area contributed by atoms with Gasteiger partial charge < -0.3 is 10.5 Å². The van der Waals surface area contributed by atoms with E-state index in [-0.39, 0.29) is 6.04 Å². The molecule has 108 valence electrons. The predicted molar refractivity (Wildman–Crippen MR) is 81.0 cm³/mol. The van der Waals surface area contributed by atoms with Crippen molar-refractivity contribution in [1.82, 2.24) is 9.78 Å². The zero-order valence-electron chi connectivity index (χ0n) is 11.8. The zero-order valence-corrected chi connectivity index (χ0v) is 12.6. The maximum atomic E-state index is 6.26. The van der Waals surface area contributed by atoms with Crippen LogP contribution in [-0.2, 0) is 20.1 Å². The van der Waals surface area contributed by atoms with E-state index in [0.29, 0.717) is 11.6 Å². The quantitative estimate of drug-likeness (QED) is 0.891. The highest BCUT2D eigenvalue weighted by molar-refractivity contribution is 6.31. The van der Waals surface area contributed by atoms with Crippen LogP contribution in [-0.4, -0.2) is 15.8 Å². The van der Waals surface area contributed by atoms with Crippen molar-refractivity contribution in [3.05, 3.63) is 46.7 Å². The fourth-order valence-corrected chi connectivity index (χ4v) is 2.23. The lowest BCUT2D eigenvalue weighted by Gasteiger charge is -2.15. The summed E-state index contributed by atoms with van der Waals surface area (Å²) in [5.74, 6) is 0.797. The number of hydrogen-bond donors (Lipinski definition) is 1. The third-order valence-electron chi connectivity index (χ3n) is 3.22. The number of hydrogen-bond acceptors (Lipinski definition) is 3. The van der Waals surface area contributed by atoms with Crippen LogP contribution in [0.2, 0.25) is 5.02 Å². The van der Waals surface area contributed by atoms with Gasteiger partial charge in [0.25, 0.3) is 0 Å². The lowest BCUT2D eigenvalue weighted by molar-refractivity contribution is 0.302. The van der Waals surface area contributed by atoms with Crippen molar-refractivity contribution in [1.29, 1.82) is 0 Å². The van der Waals surface area contributed by atoms with E-state index in [1.807, 2.05) is 31.4 Å². The molecule has 0 fully saturated rings. The fourth-order valence-electron chi connectivity index (χ4n) is 1.99. The van der Waals surface area contributed by atoms with E-state index in [1.165, 1.54) is 0 Å². The summed E-state index contributed by atoms with van der Waals surface area (Å²) >= 11 is 6.26. The van der Waals surface area contributed by atoms with Gasteiger partial charge in [0, 0.05) is 35.4 Å². The van der Waals surface area contributed by atoms with Crippen molar-refractivity contribution in [2.24, 2.45) is 12.8 Å². The molecule has 1 aromatic carbocycles. The van der Waals surface area contributed by atoms with Crippen molar-refractivity contribution in [2.45, 2.75) is 32.4 Å². The number of aromatic nitrogens is 2. The molecule has 20 heavy (non-hydrogen) atoms. The number of nitrogens with two attached hydrogens (primary N) is 1. The van der Waals surface area contributed by atoms with Crippen molar-refractivity contribution < 1.29 is 4.74 Å². The normalized spacial score (nSPS) is 12.4. The van der Waals surface area contributed by atoms with Gasteiger partial charge in [-0.1, -0.05) is 24.6 Å². The van der Waals surface area contributed by atoms with Gasteiger partial charge in [0.15, 0.2) is 0 Å². The Morgan fingerprint density at radius 3 is 2.90 bits per heavy atom. The Labute approximate surface area is 124 Å². The molecule has 0 saturated heterocycles. The molecule has 0 spiro atoms. The summed E-state index contributed by atoms with van der Waals surface area (Å²) in [4.78, 5) is 0. The molecule has 0 radical (unpaired) electrons. The summed E-state index contributed by atoms with van der Waals surface area (Å²) in [6.07, 6.45) is 5.36. The Morgan fingerprint density at radius 2 is 2.25 bits per heavy atom. The van der Waals surface area contributed by atoms with Crippen molar-refractivity contribution in [3.8, 4) is 5.75 Å². The number of rotatable bonds is 6. The smallest absolute Gasteiger partial charge is 0.124 e. The lowest BCUT2D eigenvalue weighted by atomic mass is 10.0. The van der Waals surface area contributed by atoms with Crippen molar-refractivity contribution in [2.75, 3.05) is 0 Å². The average molecular weight is 294 g/mol. The van der Waals surface area contributed by atoms with Gasteiger partial charge in [0.2, 0.25) is 0 Å². The standard InChI is InChI=1S/C15H20ClN3O/c1-3-12(17)7-13-14(16)5-4-6-15(13)20-10-11-8-18-19(2)9-11/h4-6,8-9,12H,3,7,10,17H2,1-2H3. The summed E-state index contributed by atoms with van der Waals surface area (Å²) in [6.45, 7) is 2.54. The van der Waals surface area contributed by atoms with Gasteiger partial charge in [-0.2, -0.15) is 5.10 Å². The fraction of sp³-hybridized carbons (Fsp3) is 0.400. The second kappa shape index (κ2) is 6.77. The maximum Gasteiger partial charge on any atom is 0.124 e. The first-order chi connectivity index (χ1) is 9.60. The Morgan fingerprint density at radius 1 is 1.45 bits per heavy atom. The van der Waals surface area contributed by atoms with Crippen LogP contribution in [0.3, 0.4) is 0 Å². The van der Waals surface area contributed by atoms with Gasteiger partial charge in [-0.25, -0.2) is 0 Å². The van der Waals surface area contributed by atoms with E-state index in [4.69, 9.17) is 22.1 Å². The summed E-state index contributed by atoms with van der Waals surface area (Å²) in [5, 5.41) is 4.83. The van der Waals surface area contributed by atoms with Crippen LogP contribution in [0, 0.1) is 0 Å². The first kappa shape index (κ1) is 14.9. The number of nitrogens with zero attached hydrogens (tertiary/aromatic N) is 2. The average Bonchev–Trinajstić information content (AvgIpc) is 2.85. The van der Waals surface area contributed by atoms with Gasteiger partial charge in [0.05, 0.1) is 6.20 Å². The van der Waals surface area contributed by atoms with Crippen LogP contribution < -0.4 is 10.5 Å². The SMILES string of the molecule is CCC(N)Cc1c(Cl)cccc1OCc1cnn(C)c1. The summed E-state index contributed by atoms with van der Waals surface area (Å²) < 4.78 is 7.62. The molecule has 1 heterocycles. The summed E-state index contributed by atoms with van der Waals surface area (Å²) in [6, 6.07) is 5.79. The molecule has 0 aliphatic heterocycles. The lowest BCUT2D eigenvalue weighted by Crippen LogP contribution is -2.22. The van der Waals surface area contributed by atoms with E-state index < -0.39 is 0 Å². The van der Waals surface area contributed by atoms with Gasteiger partial charge >= 0.3 is 0 Å². The second-order valence-electron chi connectivity index (χ2n) is 4.90. The van der Waals surface area contributed by atoms with Gasteiger partial charge in [-0.05, 0) is 25.0 Å². The molecule has 0 saturated carbocycles. The molecule has 0 amide bonds. The molecule has 2 N–H and O–H groups in total. The number of benzene rings is 1. The molecular formula is C15H20ClN3O. The predicted octanol–water partition coefficient (Wildman–Crippen LogP) is 2.93. The Hall–Kier alpha value is -1.52. The van der Waals surface area contributed by atoms with Gasteiger partial charge in [0.1, 0.15) is 12.4 Å². The monoisotopic (exact) mass is 293 g/mol. The Kier molecular flexibility index (Phi) is 5.04. The minimum atomic E-state index is 0.0932. The van der Waals surface area contributed by atoms with Crippen LogP contribution in [0.25, 0.3) is 0 Å². The molecule has 2 rings (SSSR count). The van der Waals surface area contributed by atoms with E-state index in [9.17, 15) is 0 Å². The molecule has 0 aliphatic rings. The summed E-state index contributed by atoms with van der Waals surface area (Å²) in [5.41, 5.74) is 8.03. The first-order valence-electron chi connectivity index (χ1n) is 6.73. The topological polar surface area (TPSA) is 53.1 Å². The minimum absolute atomic E-state index is 0.0932. The number of halogens is 1. The highest BCUT2D eigenvalue weighted by Crippen LogP contribution is 2.28. The van der Waals surface area contributed by atoms with Crippen LogP contribution in [0.1, 0.15) is 24.5 Å². The highest BCUT2D eigenvalue weighted by atomic mass is 35.5. The van der Waals surface area contributed by atoms with Crippen LogP contribution in [0.15, 0.2) is 30.6 Å². The second-order valence-corrected chi connectivity index (χ2v) is 5.31. The number of ether oxygens (including phenoxy) is 1. The highest BCUT2D eigenvalue weighted by Gasteiger charge is 2.12. The molecule has 0 bridgehead atoms. The van der Waals surface area contributed by atoms with Crippen LogP contribution >= 0.6 is 11.6 Å². The molecular weight excluding hydrogens is 274 g/mol. The maximum absolute atomic E-state index is 6.26. The van der Waals surface area contributed by atoms with Crippen LogP contribution in [0.5, 0.6) is 5.75 Å². The largest absolute Gasteiger partial charge is 0.488 e. The molecule has 1 aromatic heterocycles. The van der Waals surface area contributed by atoms with Crippen molar-refractivity contribution >= 4 is 11.6 Å². The van der Waals surface area contributed by atoms with E-state index in [1.54, 1.807) is 10.9 Å². The molecule has 0 aliphatic carbocycles. The minimum Gasteiger partial charge on any atom is -0.488 e. The molecule has 1 unspecified atom stereocenters. The van der Waals surface area contributed by atoms with E-state index >= 15 is 0 Å². The van der Waals surface area contributed by atoms with E-state index in [2.05, 4.69) is 12.0 Å². The molecule has 5 heteroatoms. The third kappa shape index (κ3) is 3.74. The Bertz CT molecular complexity index is 568. The molecule has 4 nitrogen and oxygen atoms in total. The first-order valence-corrected chi connectivity index (χ1v) is 7.11. The Balaban J connectivity index is 2.12. The summed E-state index contributed by atoms with van der Waals surface area (Å²) in [7, 11) is 1.88. The molecule has 2 aromatic rings. The van der Waals surface area contributed by atoms with Crippen LogP contribution in [0.4, 0.5) is 0 Å². The van der Waals surface area contributed by atoms with E-state index in [0.717, 1.165) is 29.7 Å². The van der Waals surface area contributed by atoms with Crippen molar-refractivity contribution in [3.63, 3.8) is 0 Å². The van der Waals surface area contributed by atoms with Gasteiger partial charge in [-0.15, -0.1) is 0 Å². The third-order valence-corrected chi connectivity index (χ3v) is 3.57.